The molecule has 0 saturated carbocycles. The van der Waals surface area contributed by atoms with Gasteiger partial charge in [-0.1, -0.05) is 29.8 Å². The summed E-state index contributed by atoms with van der Waals surface area (Å²) in [5.74, 6) is 1.16. The van der Waals surface area contributed by atoms with Gasteiger partial charge in [0.05, 0.1) is 19.7 Å². The van der Waals surface area contributed by atoms with Crippen molar-refractivity contribution < 1.29 is 23.8 Å². The molecule has 1 atom stereocenters. The number of fused-ring (bicyclic) bond motifs is 1. The van der Waals surface area contributed by atoms with Crippen LogP contribution >= 0.6 is 11.6 Å². The van der Waals surface area contributed by atoms with E-state index in [1.54, 1.807) is 42.8 Å². The molecular weight excluding hydrogens is 492 g/mol. The number of carbonyl (C=O) groups is 2. The zero-order valence-corrected chi connectivity index (χ0v) is 23.0. The second kappa shape index (κ2) is 11.3. The number of likely N-dealkylation sites (N-methyl/N-ethyl adjacent to an activating group) is 1. The van der Waals surface area contributed by atoms with E-state index in [9.17, 15) is 9.59 Å². The first-order valence-corrected chi connectivity index (χ1v) is 13.3. The predicted octanol–water partition coefficient (Wildman–Crippen LogP) is 4.67. The van der Waals surface area contributed by atoms with Crippen LogP contribution in [0.1, 0.15) is 44.2 Å². The molecule has 0 aliphatic carbocycles. The molecule has 2 heterocycles. The van der Waals surface area contributed by atoms with Gasteiger partial charge in [-0.3, -0.25) is 9.59 Å². The molecular formula is C29H37ClN2O5. The van der Waals surface area contributed by atoms with E-state index in [2.05, 4.69) is 6.07 Å². The highest BCUT2D eigenvalue weighted by molar-refractivity contribution is 6.31. The molecule has 2 aromatic carbocycles. The maximum absolute atomic E-state index is 13.7. The number of amides is 2. The Morgan fingerprint density at radius 2 is 1.89 bits per heavy atom. The molecule has 0 aromatic heterocycles. The van der Waals surface area contributed by atoms with Crippen molar-refractivity contribution in [3.05, 3.63) is 58.6 Å². The van der Waals surface area contributed by atoms with Crippen molar-refractivity contribution in [3.8, 4) is 11.5 Å². The fourth-order valence-electron chi connectivity index (χ4n) is 5.06. The van der Waals surface area contributed by atoms with Crippen molar-refractivity contribution >= 4 is 23.4 Å². The third kappa shape index (κ3) is 6.21. The van der Waals surface area contributed by atoms with Crippen LogP contribution in [0.3, 0.4) is 0 Å². The molecule has 7 nitrogen and oxygen atoms in total. The van der Waals surface area contributed by atoms with E-state index in [0.717, 1.165) is 30.6 Å². The Morgan fingerprint density at radius 3 is 2.68 bits per heavy atom. The smallest absolute Gasteiger partial charge is 0.266 e. The maximum atomic E-state index is 13.7. The normalized spacial score (nSPS) is 21.5. The zero-order valence-electron chi connectivity index (χ0n) is 22.2. The zero-order chi connectivity index (χ0) is 26.6. The molecule has 1 saturated heterocycles. The van der Waals surface area contributed by atoms with E-state index >= 15 is 0 Å². The quantitative estimate of drug-likeness (QED) is 0.579. The fourth-order valence-corrected chi connectivity index (χ4v) is 5.18. The number of nitrogens with zero attached hydrogens (tertiary/aromatic N) is 2. The molecule has 8 heteroatoms. The molecule has 1 unspecified atom stereocenters. The van der Waals surface area contributed by atoms with Gasteiger partial charge in [0.2, 0.25) is 0 Å². The Balaban J connectivity index is 1.51. The summed E-state index contributed by atoms with van der Waals surface area (Å²) < 4.78 is 18.3. The molecule has 0 N–H and O–H groups in total. The van der Waals surface area contributed by atoms with Crippen molar-refractivity contribution in [1.82, 2.24) is 9.80 Å². The maximum Gasteiger partial charge on any atom is 0.266 e. The van der Waals surface area contributed by atoms with Gasteiger partial charge in [-0.15, -0.1) is 0 Å². The first kappa shape index (κ1) is 27.3. The molecule has 2 aliphatic rings. The van der Waals surface area contributed by atoms with Crippen LogP contribution < -0.4 is 9.47 Å². The third-order valence-electron chi connectivity index (χ3n) is 7.16. The van der Waals surface area contributed by atoms with Crippen LogP contribution in [0, 0.1) is 6.92 Å². The van der Waals surface area contributed by atoms with Gasteiger partial charge in [-0.2, -0.15) is 0 Å². The molecule has 2 aromatic rings. The number of carbonyl (C=O) groups excluding carboxylic acids is 2. The molecule has 200 valence electrons. The van der Waals surface area contributed by atoms with Crippen molar-refractivity contribution in [2.45, 2.75) is 57.7 Å². The summed E-state index contributed by atoms with van der Waals surface area (Å²) in [6.07, 6.45) is 3.09. The Morgan fingerprint density at radius 1 is 1.11 bits per heavy atom. The molecule has 0 radical (unpaired) electrons. The minimum Gasteiger partial charge on any atom is -0.491 e. The molecule has 2 aliphatic heterocycles. The van der Waals surface area contributed by atoms with Crippen molar-refractivity contribution in [3.63, 3.8) is 0 Å². The average molecular weight is 529 g/mol. The van der Waals surface area contributed by atoms with E-state index in [4.69, 9.17) is 25.8 Å². The molecule has 4 rings (SSSR count). The van der Waals surface area contributed by atoms with Gasteiger partial charge in [-0.05, 0) is 81.8 Å². The molecule has 2 amide bonds. The Kier molecular flexibility index (Phi) is 8.34. The lowest BCUT2D eigenvalue weighted by molar-refractivity contribution is -0.179. The standard InChI is InChI=1S/C29H37ClN2O5/c1-21-19-23(12-13-24(21)30)37-28(2,3)26(33)32-16-18-36-29(20-32)14-8-7-10-22-9-5-6-11-25(22)35-17-15-31(4)27(29)34/h5-6,9,11-13,19H,7-8,10,14-18,20H2,1-4H3. The highest BCUT2D eigenvalue weighted by Crippen LogP contribution is 2.31. The van der Waals surface area contributed by atoms with Crippen LogP contribution in [0.15, 0.2) is 42.5 Å². The molecule has 1 fully saturated rings. The summed E-state index contributed by atoms with van der Waals surface area (Å²) in [6, 6.07) is 13.4. The number of rotatable bonds is 3. The first-order valence-electron chi connectivity index (χ1n) is 13.0. The minimum atomic E-state index is -1.13. The lowest BCUT2D eigenvalue weighted by atomic mass is 9.90. The van der Waals surface area contributed by atoms with Gasteiger partial charge < -0.3 is 24.0 Å². The SMILES string of the molecule is Cc1cc(OC(C)(C)C(=O)N2CCOC3(CCCCc4ccccc4OCCN(C)C3=O)C2)ccc1Cl. The highest BCUT2D eigenvalue weighted by Gasteiger charge is 2.48. The lowest BCUT2D eigenvalue weighted by Crippen LogP contribution is -2.64. The van der Waals surface area contributed by atoms with Gasteiger partial charge in [0.1, 0.15) is 18.1 Å². The predicted molar refractivity (Wildman–Crippen MR) is 143 cm³/mol. The fraction of sp³-hybridized carbons (Fsp3) is 0.517. The number of morpholine rings is 1. The van der Waals surface area contributed by atoms with Gasteiger partial charge in [0.25, 0.3) is 11.8 Å². The highest BCUT2D eigenvalue weighted by atomic mass is 35.5. The van der Waals surface area contributed by atoms with Gasteiger partial charge >= 0.3 is 0 Å². The summed E-state index contributed by atoms with van der Waals surface area (Å²) in [4.78, 5) is 30.8. The second-order valence-electron chi connectivity index (χ2n) is 10.5. The van der Waals surface area contributed by atoms with E-state index in [1.165, 1.54) is 5.56 Å². The molecule has 37 heavy (non-hydrogen) atoms. The van der Waals surface area contributed by atoms with Crippen LogP contribution in [0.5, 0.6) is 11.5 Å². The number of aryl methyl sites for hydroxylation is 2. The Hall–Kier alpha value is -2.77. The summed E-state index contributed by atoms with van der Waals surface area (Å²) in [5.41, 5.74) is -0.171. The number of ether oxygens (including phenoxy) is 3. The lowest BCUT2D eigenvalue weighted by Gasteiger charge is -2.45. The van der Waals surface area contributed by atoms with Gasteiger partial charge in [0, 0.05) is 18.6 Å². The monoisotopic (exact) mass is 528 g/mol. The van der Waals surface area contributed by atoms with Gasteiger partial charge in [-0.25, -0.2) is 0 Å². The van der Waals surface area contributed by atoms with Crippen LogP contribution in [0.2, 0.25) is 5.02 Å². The van der Waals surface area contributed by atoms with E-state index in [-0.39, 0.29) is 18.4 Å². The van der Waals surface area contributed by atoms with Crippen LogP contribution in [-0.2, 0) is 20.7 Å². The number of hydrogen-bond acceptors (Lipinski definition) is 5. The molecule has 0 bridgehead atoms. The van der Waals surface area contributed by atoms with Crippen LogP contribution in [0.25, 0.3) is 0 Å². The second-order valence-corrected chi connectivity index (χ2v) is 10.9. The number of para-hydroxylation sites is 1. The summed E-state index contributed by atoms with van der Waals surface area (Å²) in [6.45, 7) is 7.11. The molecule has 1 spiro atoms. The van der Waals surface area contributed by atoms with Crippen molar-refractivity contribution in [2.24, 2.45) is 0 Å². The Labute approximate surface area is 224 Å². The minimum absolute atomic E-state index is 0.116. The first-order chi connectivity index (χ1) is 17.6. The van der Waals surface area contributed by atoms with Crippen molar-refractivity contribution in [2.75, 3.05) is 39.9 Å². The van der Waals surface area contributed by atoms with Crippen LogP contribution in [0.4, 0.5) is 0 Å². The number of benzene rings is 2. The largest absolute Gasteiger partial charge is 0.491 e. The number of hydrogen-bond donors (Lipinski definition) is 0. The van der Waals surface area contributed by atoms with Gasteiger partial charge in [0.15, 0.2) is 11.2 Å². The average Bonchev–Trinajstić information content (AvgIpc) is 2.88. The van der Waals surface area contributed by atoms with E-state index in [0.29, 0.717) is 43.5 Å². The van der Waals surface area contributed by atoms with Crippen molar-refractivity contribution in [1.29, 1.82) is 0 Å². The topological polar surface area (TPSA) is 68.3 Å². The summed E-state index contributed by atoms with van der Waals surface area (Å²) in [7, 11) is 1.77. The Bertz CT molecular complexity index is 1140. The van der Waals surface area contributed by atoms with Crippen LogP contribution in [-0.4, -0.2) is 72.7 Å². The van der Waals surface area contributed by atoms with E-state index in [1.807, 2.05) is 31.2 Å². The van der Waals surface area contributed by atoms with E-state index < -0.39 is 11.2 Å². The summed E-state index contributed by atoms with van der Waals surface area (Å²) >= 11 is 6.15. The third-order valence-corrected chi connectivity index (χ3v) is 7.58. The number of halogens is 1. The summed E-state index contributed by atoms with van der Waals surface area (Å²) in [5, 5.41) is 0.644.